The average Bonchev–Trinajstić information content (AvgIpc) is 3.02. The van der Waals surface area contributed by atoms with E-state index < -0.39 is 0 Å². The number of hydrogen-bond acceptors (Lipinski definition) is 2. The normalized spacial score (nSPS) is 13.9. The molecule has 0 saturated heterocycles. The minimum Gasteiger partial charge on any atom is -0.288 e. The van der Waals surface area contributed by atoms with E-state index in [2.05, 4.69) is 126 Å². The van der Waals surface area contributed by atoms with Crippen LogP contribution in [0.2, 0.25) is 0 Å². The van der Waals surface area contributed by atoms with Crippen LogP contribution in [-0.2, 0) is 0 Å². The lowest BCUT2D eigenvalue weighted by Crippen LogP contribution is -2.02. The van der Waals surface area contributed by atoms with Gasteiger partial charge in [0.15, 0.2) is 0 Å². The van der Waals surface area contributed by atoms with Crippen LogP contribution in [0.25, 0.3) is 33.0 Å². The maximum absolute atomic E-state index is 4.79. The van der Waals surface area contributed by atoms with Crippen molar-refractivity contribution in [2.45, 2.75) is 12.8 Å². The monoisotopic (exact) mass is 502 g/mol. The molecular formula is C37H30N2. The number of aliphatic imine (C=N–C) groups is 1. The Kier molecular flexibility index (Phi) is 7.09. The fourth-order valence-electron chi connectivity index (χ4n) is 5.31. The van der Waals surface area contributed by atoms with Crippen LogP contribution in [0.15, 0.2) is 145 Å². The van der Waals surface area contributed by atoms with E-state index in [-0.39, 0.29) is 0 Å². The predicted molar refractivity (Wildman–Crippen MR) is 166 cm³/mol. The molecule has 0 fully saturated rings. The Bertz CT molecular complexity index is 1750. The molecule has 0 atom stereocenters. The molecule has 6 rings (SSSR count). The van der Waals surface area contributed by atoms with Crippen LogP contribution >= 0.6 is 0 Å². The fourth-order valence-corrected chi connectivity index (χ4v) is 5.31. The van der Waals surface area contributed by atoms with Crippen molar-refractivity contribution in [1.82, 2.24) is 4.98 Å². The number of nitrogens with zero attached hydrogens (tertiary/aromatic N) is 2. The van der Waals surface area contributed by atoms with Crippen molar-refractivity contribution >= 4 is 27.6 Å². The lowest BCUT2D eigenvalue weighted by Gasteiger charge is -2.15. The number of benzene rings is 4. The summed E-state index contributed by atoms with van der Waals surface area (Å²) in [7, 11) is 1.88. The van der Waals surface area contributed by atoms with Gasteiger partial charge < -0.3 is 0 Å². The van der Waals surface area contributed by atoms with Crippen molar-refractivity contribution in [1.29, 1.82) is 0 Å². The molecule has 0 aliphatic heterocycles. The lowest BCUT2D eigenvalue weighted by atomic mass is 9.89. The zero-order chi connectivity index (χ0) is 26.4. The minimum atomic E-state index is 0.957. The molecule has 0 bridgehead atoms. The number of aromatic nitrogens is 1. The van der Waals surface area contributed by atoms with Crippen LogP contribution < -0.4 is 0 Å². The molecule has 1 heterocycles. The van der Waals surface area contributed by atoms with E-state index in [1.165, 1.54) is 27.5 Å². The highest BCUT2D eigenvalue weighted by atomic mass is 14.7. The van der Waals surface area contributed by atoms with Crippen molar-refractivity contribution in [3.05, 3.63) is 162 Å². The number of fused-ring (bicyclic) bond motifs is 1. The van der Waals surface area contributed by atoms with E-state index >= 15 is 0 Å². The minimum absolute atomic E-state index is 0.957. The Balaban J connectivity index is 1.52. The first-order valence-electron chi connectivity index (χ1n) is 13.4. The van der Waals surface area contributed by atoms with Gasteiger partial charge in [0.25, 0.3) is 0 Å². The van der Waals surface area contributed by atoms with Gasteiger partial charge in [-0.25, -0.2) is 0 Å². The summed E-state index contributed by atoms with van der Waals surface area (Å²) < 4.78 is 0. The van der Waals surface area contributed by atoms with Gasteiger partial charge >= 0.3 is 0 Å². The van der Waals surface area contributed by atoms with Gasteiger partial charge in [-0.15, -0.1) is 0 Å². The van der Waals surface area contributed by atoms with Crippen LogP contribution in [0, 0.1) is 0 Å². The molecule has 39 heavy (non-hydrogen) atoms. The number of rotatable bonds is 6. The molecule has 188 valence electrons. The summed E-state index contributed by atoms with van der Waals surface area (Å²) in [6, 6.07) is 36.7. The third kappa shape index (κ3) is 5.28. The van der Waals surface area contributed by atoms with Gasteiger partial charge in [-0.1, -0.05) is 103 Å². The van der Waals surface area contributed by atoms with Crippen LogP contribution in [-0.4, -0.2) is 17.7 Å². The first-order chi connectivity index (χ1) is 19.3. The first-order valence-corrected chi connectivity index (χ1v) is 13.4. The SMILES string of the molecule is CN=C(/C=C(/c1cccc(-c2cccnc2)c1)c1cccc2ccccc12)c1cccc(C2=CC=CCC2)c1. The third-order valence-corrected chi connectivity index (χ3v) is 7.31. The van der Waals surface area contributed by atoms with Crippen LogP contribution in [0.3, 0.4) is 0 Å². The molecule has 0 radical (unpaired) electrons. The maximum Gasteiger partial charge on any atom is 0.0649 e. The van der Waals surface area contributed by atoms with E-state index in [4.69, 9.17) is 4.99 Å². The molecule has 0 N–H and O–H groups in total. The Morgan fingerprint density at radius 2 is 1.54 bits per heavy atom. The van der Waals surface area contributed by atoms with Crippen molar-refractivity contribution in [3.8, 4) is 11.1 Å². The second-order valence-electron chi connectivity index (χ2n) is 9.76. The molecule has 1 aliphatic rings. The Hall–Kier alpha value is -4.82. The van der Waals surface area contributed by atoms with E-state index in [0.29, 0.717) is 0 Å². The lowest BCUT2D eigenvalue weighted by molar-refractivity contribution is 1.05. The standard InChI is InChI=1S/C37H30N2/c1-38-37(32-18-8-15-29(24-32)27-11-3-2-4-12-27)25-36(35-21-9-14-28-13-5-6-20-34(28)35)31-17-7-16-30(23-31)33-19-10-22-39-26-33/h2-3,5-11,13-26H,4,12H2,1H3/b36-25-,38-37?. The highest BCUT2D eigenvalue weighted by Gasteiger charge is 2.14. The highest BCUT2D eigenvalue weighted by Crippen LogP contribution is 2.33. The van der Waals surface area contributed by atoms with E-state index in [9.17, 15) is 0 Å². The van der Waals surface area contributed by atoms with Crippen molar-refractivity contribution < 1.29 is 0 Å². The topological polar surface area (TPSA) is 25.2 Å². The van der Waals surface area contributed by atoms with Crippen LogP contribution in [0.4, 0.5) is 0 Å². The average molecular weight is 503 g/mol. The molecule has 0 unspecified atom stereocenters. The molecule has 5 aromatic rings. The van der Waals surface area contributed by atoms with E-state index in [1.807, 2.05) is 25.5 Å². The second kappa shape index (κ2) is 11.3. The quantitative estimate of drug-likeness (QED) is 0.212. The van der Waals surface area contributed by atoms with Crippen LogP contribution in [0.5, 0.6) is 0 Å². The summed E-state index contributed by atoms with van der Waals surface area (Å²) in [6.45, 7) is 0. The van der Waals surface area contributed by atoms with Crippen LogP contribution in [0.1, 0.15) is 35.1 Å². The molecule has 0 spiro atoms. The molecule has 2 heteroatoms. The molecule has 1 aliphatic carbocycles. The van der Waals surface area contributed by atoms with Gasteiger partial charge in [0.1, 0.15) is 0 Å². The van der Waals surface area contributed by atoms with E-state index in [0.717, 1.165) is 46.4 Å². The molecule has 2 nitrogen and oxygen atoms in total. The fraction of sp³-hybridized carbons (Fsp3) is 0.0811. The summed E-state index contributed by atoms with van der Waals surface area (Å²) in [5.74, 6) is 0. The van der Waals surface area contributed by atoms with Gasteiger partial charge in [0, 0.05) is 30.6 Å². The van der Waals surface area contributed by atoms with Gasteiger partial charge in [-0.2, -0.15) is 0 Å². The van der Waals surface area contributed by atoms with Crippen molar-refractivity contribution in [2.24, 2.45) is 4.99 Å². The van der Waals surface area contributed by atoms with E-state index in [1.54, 1.807) is 0 Å². The molecule has 4 aromatic carbocycles. The molecular weight excluding hydrogens is 472 g/mol. The zero-order valence-electron chi connectivity index (χ0n) is 22.1. The van der Waals surface area contributed by atoms with Gasteiger partial charge in [-0.05, 0) is 81.3 Å². The number of pyridine rings is 1. The Labute approximate surface area is 230 Å². The molecule has 0 saturated carbocycles. The number of hydrogen-bond donors (Lipinski definition) is 0. The summed E-state index contributed by atoms with van der Waals surface area (Å²) in [6.07, 6.45) is 14.7. The van der Waals surface area contributed by atoms with Gasteiger partial charge in [0.05, 0.1) is 5.71 Å². The largest absolute Gasteiger partial charge is 0.288 e. The Morgan fingerprint density at radius 3 is 2.36 bits per heavy atom. The smallest absolute Gasteiger partial charge is 0.0649 e. The van der Waals surface area contributed by atoms with Gasteiger partial charge in [0.2, 0.25) is 0 Å². The van der Waals surface area contributed by atoms with Gasteiger partial charge in [-0.3, -0.25) is 9.98 Å². The molecule has 0 amide bonds. The van der Waals surface area contributed by atoms with Crippen molar-refractivity contribution in [3.63, 3.8) is 0 Å². The Morgan fingerprint density at radius 1 is 0.769 bits per heavy atom. The molecule has 1 aromatic heterocycles. The predicted octanol–water partition coefficient (Wildman–Crippen LogP) is 9.19. The highest BCUT2D eigenvalue weighted by molar-refractivity contribution is 6.15. The number of allylic oxidation sites excluding steroid dienone is 5. The third-order valence-electron chi connectivity index (χ3n) is 7.31. The van der Waals surface area contributed by atoms with Crippen molar-refractivity contribution in [2.75, 3.05) is 7.05 Å². The second-order valence-corrected chi connectivity index (χ2v) is 9.76. The summed E-state index contributed by atoms with van der Waals surface area (Å²) in [5, 5.41) is 2.44. The maximum atomic E-state index is 4.79. The summed E-state index contributed by atoms with van der Waals surface area (Å²) in [5.41, 5.74) is 10.4. The summed E-state index contributed by atoms with van der Waals surface area (Å²) >= 11 is 0. The summed E-state index contributed by atoms with van der Waals surface area (Å²) in [4.78, 5) is 9.13. The first kappa shape index (κ1) is 24.5. The zero-order valence-corrected chi connectivity index (χ0v) is 22.1.